The fourth-order valence-corrected chi connectivity index (χ4v) is 5.55. The van der Waals surface area contributed by atoms with Crippen molar-refractivity contribution < 1.29 is 17.9 Å². The van der Waals surface area contributed by atoms with Crippen LogP contribution in [-0.2, 0) is 14.6 Å². The van der Waals surface area contributed by atoms with Gasteiger partial charge < -0.3 is 10.1 Å². The number of rotatable bonds is 6. The number of aromatic nitrogens is 2. The Labute approximate surface area is 189 Å². The first kappa shape index (κ1) is 21.7. The minimum atomic E-state index is -3.12. The number of amides is 1. The number of sulfone groups is 1. The van der Waals surface area contributed by atoms with Crippen molar-refractivity contribution in [2.24, 2.45) is 0 Å². The van der Waals surface area contributed by atoms with Gasteiger partial charge in [-0.05, 0) is 24.6 Å². The minimum absolute atomic E-state index is 0.0112. The van der Waals surface area contributed by atoms with Gasteiger partial charge in [-0.25, -0.2) is 13.1 Å². The Morgan fingerprint density at radius 2 is 1.94 bits per heavy atom. The molecule has 1 amide bonds. The van der Waals surface area contributed by atoms with Gasteiger partial charge in [0.2, 0.25) is 0 Å². The average molecular weight is 480 g/mol. The lowest BCUT2D eigenvalue weighted by Crippen LogP contribution is -2.23. The molecular weight excluding hydrogens is 461 g/mol. The van der Waals surface area contributed by atoms with Gasteiger partial charge in [-0.1, -0.05) is 53.5 Å². The highest BCUT2D eigenvalue weighted by molar-refractivity contribution is 7.91. The normalized spacial score (nSPS) is 17.4. The van der Waals surface area contributed by atoms with E-state index in [9.17, 15) is 13.2 Å². The molecule has 2 heterocycles. The molecule has 1 fully saturated rings. The standard InChI is InChI=1S/C21H19Cl2N3O4S/c22-15-6-7-19(17(23)10-15)30-12-21(27)24-20-11-18(14-4-2-1-3-5-14)25-26(20)16-8-9-31(28,29)13-16/h1-7,10-11,16H,8-9,12-13H2,(H,24,27)/t16-/m1/s1. The third-order valence-corrected chi connectivity index (χ3v) is 7.16. The summed E-state index contributed by atoms with van der Waals surface area (Å²) in [4.78, 5) is 12.5. The van der Waals surface area contributed by atoms with Gasteiger partial charge in [-0.2, -0.15) is 5.10 Å². The summed E-state index contributed by atoms with van der Waals surface area (Å²) in [6, 6.07) is 15.6. The fraction of sp³-hybridized carbons (Fsp3) is 0.238. The number of anilines is 1. The Morgan fingerprint density at radius 1 is 1.16 bits per heavy atom. The number of ether oxygens (including phenoxy) is 1. The van der Waals surface area contributed by atoms with Crippen LogP contribution in [0.25, 0.3) is 11.3 Å². The number of nitrogens with zero attached hydrogens (tertiary/aromatic N) is 2. The second-order valence-corrected chi connectivity index (χ2v) is 10.3. The first-order valence-electron chi connectivity index (χ1n) is 9.54. The van der Waals surface area contributed by atoms with E-state index in [0.717, 1.165) is 5.56 Å². The van der Waals surface area contributed by atoms with Crippen LogP contribution in [0.15, 0.2) is 54.6 Å². The van der Waals surface area contributed by atoms with Gasteiger partial charge in [0, 0.05) is 16.7 Å². The lowest BCUT2D eigenvalue weighted by Gasteiger charge is -2.14. The molecule has 0 radical (unpaired) electrons. The molecule has 1 aliphatic rings. The SMILES string of the molecule is O=C(COc1ccc(Cl)cc1Cl)Nc1cc(-c2ccccc2)nn1[C@@H]1CCS(=O)(=O)C1. The maximum absolute atomic E-state index is 12.5. The number of benzene rings is 2. The number of carbonyl (C=O) groups is 1. The molecule has 0 spiro atoms. The van der Waals surface area contributed by atoms with Crippen molar-refractivity contribution in [1.29, 1.82) is 0 Å². The third-order valence-electron chi connectivity index (χ3n) is 4.88. The van der Waals surface area contributed by atoms with Crippen LogP contribution in [0.1, 0.15) is 12.5 Å². The summed E-state index contributed by atoms with van der Waals surface area (Å²) in [5, 5.41) is 8.13. The van der Waals surface area contributed by atoms with Gasteiger partial charge in [0.1, 0.15) is 11.6 Å². The van der Waals surface area contributed by atoms with E-state index < -0.39 is 15.7 Å². The van der Waals surface area contributed by atoms with E-state index in [1.165, 1.54) is 6.07 Å². The van der Waals surface area contributed by atoms with E-state index in [0.29, 0.717) is 33.7 Å². The second-order valence-electron chi connectivity index (χ2n) is 7.19. The molecule has 7 nitrogen and oxygen atoms in total. The summed E-state index contributed by atoms with van der Waals surface area (Å²) in [5.41, 5.74) is 1.50. The van der Waals surface area contributed by atoms with Gasteiger partial charge in [-0.3, -0.25) is 4.79 Å². The van der Waals surface area contributed by atoms with E-state index in [4.69, 9.17) is 27.9 Å². The molecule has 3 aromatic rings. The van der Waals surface area contributed by atoms with Crippen molar-refractivity contribution in [2.75, 3.05) is 23.4 Å². The summed E-state index contributed by atoms with van der Waals surface area (Å²) in [5.74, 6) is 0.415. The zero-order chi connectivity index (χ0) is 22.0. The number of halogens is 2. The highest BCUT2D eigenvalue weighted by atomic mass is 35.5. The molecule has 1 saturated heterocycles. The van der Waals surface area contributed by atoms with Crippen molar-refractivity contribution in [3.8, 4) is 17.0 Å². The van der Waals surface area contributed by atoms with Crippen molar-refractivity contribution in [2.45, 2.75) is 12.5 Å². The van der Waals surface area contributed by atoms with Crippen LogP contribution in [0.2, 0.25) is 10.0 Å². The zero-order valence-electron chi connectivity index (χ0n) is 16.3. The second kappa shape index (κ2) is 8.90. The van der Waals surface area contributed by atoms with Crippen LogP contribution in [0, 0.1) is 0 Å². The number of nitrogens with one attached hydrogen (secondary N) is 1. The van der Waals surface area contributed by atoms with Crippen LogP contribution in [0.3, 0.4) is 0 Å². The topological polar surface area (TPSA) is 90.3 Å². The Kier molecular flexibility index (Phi) is 6.22. The van der Waals surface area contributed by atoms with Crippen LogP contribution < -0.4 is 10.1 Å². The summed E-state index contributed by atoms with van der Waals surface area (Å²) in [6.07, 6.45) is 0.442. The summed E-state index contributed by atoms with van der Waals surface area (Å²) in [6.45, 7) is -0.282. The maximum atomic E-state index is 12.5. The summed E-state index contributed by atoms with van der Waals surface area (Å²) in [7, 11) is -3.12. The van der Waals surface area contributed by atoms with Crippen LogP contribution in [-0.4, -0.2) is 42.2 Å². The first-order valence-corrected chi connectivity index (χ1v) is 12.1. The molecule has 1 aliphatic heterocycles. The van der Waals surface area contributed by atoms with E-state index >= 15 is 0 Å². The molecular formula is C21H19Cl2N3O4S. The molecule has 0 aliphatic carbocycles. The lowest BCUT2D eigenvalue weighted by atomic mass is 10.1. The molecule has 0 bridgehead atoms. The quantitative estimate of drug-likeness (QED) is 0.570. The molecule has 10 heteroatoms. The summed E-state index contributed by atoms with van der Waals surface area (Å²) >= 11 is 11.9. The van der Waals surface area contributed by atoms with E-state index in [2.05, 4.69) is 10.4 Å². The van der Waals surface area contributed by atoms with Gasteiger partial charge in [0.25, 0.3) is 5.91 Å². The van der Waals surface area contributed by atoms with Gasteiger partial charge in [0.05, 0.1) is 28.3 Å². The molecule has 31 heavy (non-hydrogen) atoms. The van der Waals surface area contributed by atoms with E-state index in [-0.39, 0.29) is 24.2 Å². The van der Waals surface area contributed by atoms with Crippen LogP contribution in [0.5, 0.6) is 5.75 Å². The third kappa shape index (κ3) is 5.20. The van der Waals surface area contributed by atoms with Crippen molar-refractivity contribution in [3.05, 3.63) is 64.6 Å². The Hall–Kier alpha value is -2.55. The molecule has 0 saturated carbocycles. The Balaban J connectivity index is 1.54. The highest BCUT2D eigenvalue weighted by Crippen LogP contribution is 2.31. The van der Waals surface area contributed by atoms with E-state index in [1.54, 1.807) is 22.9 Å². The van der Waals surface area contributed by atoms with Crippen molar-refractivity contribution >= 4 is 44.8 Å². The van der Waals surface area contributed by atoms with Gasteiger partial charge in [-0.15, -0.1) is 0 Å². The van der Waals surface area contributed by atoms with Gasteiger partial charge in [0.15, 0.2) is 16.4 Å². The number of carbonyl (C=O) groups excluding carboxylic acids is 1. The highest BCUT2D eigenvalue weighted by Gasteiger charge is 2.31. The molecule has 162 valence electrons. The Morgan fingerprint density at radius 3 is 2.61 bits per heavy atom. The molecule has 0 unspecified atom stereocenters. The fourth-order valence-electron chi connectivity index (χ4n) is 3.40. The molecule has 4 rings (SSSR count). The number of hydrogen-bond donors (Lipinski definition) is 1. The molecule has 1 aromatic heterocycles. The summed E-state index contributed by atoms with van der Waals surface area (Å²) < 4.78 is 31.0. The van der Waals surface area contributed by atoms with Gasteiger partial charge >= 0.3 is 0 Å². The average Bonchev–Trinajstić information content (AvgIpc) is 3.31. The van der Waals surface area contributed by atoms with Crippen molar-refractivity contribution in [1.82, 2.24) is 9.78 Å². The number of hydrogen-bond acceptors (Lipinski definition) is 5. The van der Waals surface area contributed by atoms with Crippen molar-refractivity contribution in [3.63, 3.8) is 0 Å². The zero-order valence-corrected chi connectivity index (χ0v) is 18.6. The Bertz CT molecular complexity index is 1210. The predicted octanol–water partition coefficient (Wildman–Crippen LogP) is 4.23. The lowest BCUT2D eigenvalue weighted by molar-refractivity contribution is -0.118. The molecule has 2 aromatic carbocycles. The largest absolute Gasteiger partial charge is 0.482 e. The monoisotopic (exact) mass is 479 g/mol. The molecule has 1 N–H and O–H groups in total. The smallest absolute Gasteiger partial charge is 0.263 e. The predicted molar refractivity (Wildman–Crippen MR) is 121 cm³/mol. The van der Waals surface area contributed by atoms with Crippen LogP contribution in [0.4, 0.5) is 5.82 Å². The minimum Gasteiger partial charge on any atom is -0.482 e. The molecule has 1 atom stereocenters. The van der Waals surface area contributed by atoms with E-state index in [1.807, 2.05) is 30.3 Å². The first-order chi connectivity index (χ1) is 14.8. The van der Waals surface area contributed by atoms with Crippen LogP contribution >= 0.6 is 23.2 Å². The maximum Gasteiger partial charge on any atom is 0.263 e.